The predicted octanol–water partition coefficient (Wildman–Crippen LogP) is 0.755. The molecule has 0 aromatic heterocycles. The second-order valence-corrected chi connectivity index (χ2v) is 2.16. The zero-order chi connectivity index (χ0) is 7.98. The van der Waals surface area contributed by atoms with Gasteiger partial charge in [0.05, 0.1) is 6.42 Å². The van der Waals surface area contributed by atoms with E-state index in [-0.39, 0.29) is 12.5 Å². The van der Waals surface area contributed by atoms with Crippen LogP contribution in [0.25, 0.3) is 0 Å². The molecule has 3 N–H and O–H groups in total. The van der Waals surface area contributed by atoms with Crippen LogP contribution in [-0.4, -0.2) is 17.1 Å². The highest BCUT2D eigenvalue weighted by atomic mass is 16.4. The van der Waals surface area contributed by atoms with Crippen molar-refractivity contribution in [1.82, 2.24) is 0 Å². The van der Waals surface area contributed by atoms with Crippen molar-refractivity contribution in [2.45, 2.75) is 25.8 Å². The number of carboxylic acids is 1. The van der Waals surface area contributed by atoms with E-state index in [4.69, 9.17) is 10.8 Å². The first-order chi connectivity index (χ1) is 4.66. The van der Waals surface area contributed by atoms with Crippen LogP contribution in [0.2, 0.25) is 0 Å². The summed E-state index contributed by atoms with van der Waals surface area (Å²) >= 11 is 0. The van der Waals surface area contributed by atoms with E-state index in [1.54, 1.807) is 0 Å². The zero-order valence-corrected chi connectivity index (χ0v) is 6.08. The monoisotopic (exact) mass is 143 g/mol. The zero-order valence-electron chi connectivity index (χ0n) is 6.08. The smallest absolute Gasteiger partial charge is 0.304 e. The molecule has 10 heavy (non-hydrogen) atoms. The summed E-state index contributed by atoms with van der Waals surface area (Å²) in [4.78, 5) is 10.1. The molecule has 1 atom stereocenters. The van der Waals surface area contributed by atoms with Gasteiger partial charge < -0.3 is 10.8 Å². The lowest BCUT2D eigenvalue weighted by molar-refractivity contribution is -0.137. The highest BCUT2D eigenvalue weighted by Crippen LogP contribution is 1.95. The first kappa shape index (κ1) is 9.17. The van der Waals surface area contributed by atoms with E-state index in [0.29, 0.717) is 6.42 Å². The molecule has 0 rings (SSSR count). The van der Waals surface area contributed by atoms with E-state index < -0.39 is 5.97 Å². The maximum absolute atomic E-state index is 10.1. The number of hydrogen-bond acceptors (Lipinski definition) is 2. The van der Waals surface area contributed by atoms with Crippen molar-refractivity contribution in [3.8, 4) is 0 Å². The minimum Gasteiger partial charge on any atom is -0.481 e. The average Bonchev–Trinajstić information content (AvgIpc) is 1.82. The second-order valence-electron chi connectivity index (χ2n) is 2.16. The topological polar surface area (TPSA) is 63.3 Å². The lowest BCUT2D eigenvalue weighted by Crippen LogP contribution is -2.22. The Morgan fingerprint density at radius 2 is 2.40 bits per heavy atom. The van der Waals surface area contributed by atoms with E-state index >= 15 is 0 Å². The molecule has 0 bridgehead atoms. The number of rotatable bonds is 4. The Morgan fingerprint density at radius 1 is 1.80 bits per heavy atom. The van der Waals surface area contributed by atoms with Crippen LogP contribution in [0.5, 0.6) is 0 Å². The molecule has 0 aromatic rings. The first-order valence-corrected chi connectivity index (χ1v) is 3.25. The van der Waals surface area contributed by atoms with Gasteiger partial charge in [-0.05, 0) is 13.3 Å². The summed E-state index contributed by atoms with van der Waals surface area (Å²) in [6.07, 6.45) is 4.42. The lowest BCUT2D eigenvalue weighted by Gasteiger charge is -2.02. The van der Waals surface area contributed by atoms with Crippen LogP contribution in [0.3, 0.4) is 0 Å². The molecule has 0 aliphatic heterocycles. The third-order valence-corrected chi connectivity index (χ3v) is 1.11. The molecule has 0 aliphatic carbocycles. The lowest BCUT2D eigenvalue weighted by atomic mass is 10.1. The van der Waals surface area contributed by atoms with Crippen LogP contribution in [-0.2, 0) is 4.79 Å². The number of aliphatic carboxylic acids is 1. The summed E-state index contributed by atoms with van der Waals surface area (Å²) in [6, 6.07) is -0.242. The second kappa shape index (κ2) is 4.99. The fourth-order valence-corrected chi connectivity index (χ4v) is 0.619. The average molecular weight is 143 g/mol. The number of carboxylic acid groups (broad SMARTS) is 1. The van der Waals surface area contributed by atoms with Gasteiger partial charge >= 0.3 is 5.97 Å². The molecule has 0 saturated carbocycles. The van der Waals surface area contributed by atoms with E-state index in [1.165, 1.54) is 0 Å². The van der Waals surface area contributed by atoms with Crippen molar-refractivity contribution in [2.24, 2.45) is 5.73 Å². The molecule has 0 aliphatic rings. The maximum atomic E-state index is 10.1. The van der Waals surface area contributed by atoms with Crippen LogP contribution in [0.1, 0.15) is 19.8 Å². The summed E-state index contributed by atoms with van der Waals surface area (Å²) < 4.78 is 0. The molecule has 0 saturated heterocycles. The van der Waals surface area contributed by atoms with Crippen LogP contribution < -0.4 is 5.73 Å². The summed E-state index contributed by atoms with van der Waals surface area (Å²) in [7, 11) is 0. The third kappa shape index (κ3) is 5.31. The molecule has 1 unspecified atom stereocenters. The van der Waals surface area contributed by atoms with Crippen LogP contribution in [0, 0.1) is 0 Å². The summed E-state index contributed by atoms with van der Waals surface area (Å²) in [5, 5.41) is 8.28. The Morgan fingerprint density at radius 3 is 2.80 bits per heavy atom. The number of allylic oxidation sites excluding steroid dienone is 1. The van der Waals surface area contributed by atoms with Crippen molar-refractivity contribution in [1.29, 1.82) is 0 Å². The highest BCUT2D eigenvalue weighted by Gasteiger charge is 2.04. The van der Waals surface area contributed by atoms with E-state index in [9.17, 15) is 4.79 Å². The normalized spacial score (nSPS) is 13.8. The highest BCUT2D eigenvalue weighted by molar-refractivity contribution is 5.67. The SMILES string of the molecule is C/C=C/CC(N)CC(=O)O. The standard InChI is InChI=1S/C7H13NO2/c1-2-3-4-6(8)5-7(9)10/h2-3,6H,4-5,8H2,1H3,(H,9,10)/b3-2+. The summed E-state index contributed by atoms with van der Waals surface area (Å²) in [5.74, 6) is -0.836. The van der Waals surface area contributed by atoms with Gasteiger partial charge in [-0.15, -0.1) is 0 Å². The maximum Gasteiger partial charge on any atom is 0.304 e. The predicted molar refractivity (Wildman–Crippen MR) is 39.7 cm³/mol. The molecule has 3 heteroatoms. The summed E-state index contributed by atoms with van der Waals surface area (Å²) in [5.41, 5.74) is 5.43. The minimum atomic E-state index is -0.836. The van der Waals surface area contributed by atoms with Gasteiger partial charge in [0.1, 0.15) is 0 Å². The largest absolute Gasteiger partial charge is 0.481 e. The van der Waals surface area contributed by atoms with Gasteiger partial charge in [-0.2, -0.15) is 0 Å². The van der Waals surface area contributed by atoms with Crippen molar-refractivity contribution in [3.63, 3.8) is 0 Å². The Labute approximate surface area is 60.5 Å². The molecule has 3 nitrogen and oxygen atoms in total. The fraction of sp³-hybridized carbons (Fsp3) is 0.571. The molecular formula is C7H13NO2. The molecule has 0 fully saturated rings. The number of carbonyl (C=O) groups is 1. The Kier molecular flexibility index (Phi) is 4.58. The van der Waals surface area contributed by atoms with E-state index in [2.05, 4.69) is 0 Å². The van der Waals surface area contributed by atoms with Gasteiger partial charge in [0.2, 0.25) is 0 Å². The Bertz CT molecular complexity index is 132. The number of nitrogens with two attached hydrogens (primary N) is 1. The fourth-order valence-electron chi connectivity index (χ4n) is 0.619. The molecule has 0 spiro atoms. The molecule has 0 amide bonds. The van der Waals surface area contributed by atoms with Gasteiger partial charge in [0, 0.05) is 6.04 Å². The van der Waals surface area contributed by atoms with Crippen molar-refractivity contribution in [2.75, 3.05) is 0 Å². The van der Waals surface area contributed by atoms with Crippen molar-refractivity contribution in [3.05, 3.63) is 12.2 Å². The Hall–Kier alpha value is -0.830. The van der Waals surface area contributed by atoms with Gasteiger partial charge in [-0.3, -0.25) is 4.79 Å². The van der Waals surface area contributed by atoms with Gasteiger partial charge in [-0.1, -0.05) is 12.2 Å². The number of hydrogen-bond donors (Lipinski definition) is 2. The van der Waals surface area contributed by atoms with Crippen LogP contribution in [0.15, 0.2) is 12.2 Å². The molecule has 58 valence electrons. The van der Waals surface area contributed by atoms with Gasteiger partial charge in [0.25, 0.3) is 0 Å². The quantitative estimate of drug-likeness (QED) is 0.571. The first-order valence-electron chi connectivity index (χ1n) is 3.25. The minimum absolute atomic E-state index is 0.0460. The van der Waals surface area contributed by atoms with Crippen molar-refractivity contribution >= 4 is 5.97 Å². The van der Waals surface area contributed by atoms with Crippen molar-refractivity contribution < 1.29 is 9.90 Å². The van der Waals surface area contributed by atoms with E-state index in [1.807, 2.05) is 19.1 Å². The summed E-state index contributed by atoms with van der Waals surface area (Å²) in [6.45, 7) is 1.88. The molecule has 0 heterocycles. The Balaban J connectivity index is 3.43. The van der Waals surface area contributed by atoms with Gasteiger partial charge in [0.15, 0.2) is 0 Å². The third-order valence-electron chi connectivity index (χ3n) is 1.11. The van der Waals surface area contributed by atoms with E-state index in [0.717, 1.165) is 0 Å². The molecular weight excluding hydrogens is 130 g/mol. The van der Waals surface area contributed by atoms with Crippen LogP contribution >= 0.6 is 0 Å². The van der Waals surface area contributed by atoms with Crippen LogP contribution in [0.4, 0.5) is 0 Å². The molecule has 0 aromatic carbocycles. The molecule has 0 radical (unpaired) electrons. The van der Waals surface area contributed by atoms with Gasteiger partial charge in [-0.25, -0.2) is 0 Å².